The summed E-state index contributed by atoms with van der Waals surface area (Å²) >= 11 is 0. The van der Waals surface area contributed by atoms with Gasteiger partial charge in [0.25, 0.3) is 0 Å². The van der Waals surface area contributed by atoms with Gasteiger partial charge in [-0.15, -0.1) is 0 Å². The van der Waals surface area contributed by atoms with Crippen LogP contribution in [0, 0.1) is 24.2 Å². The molecule has 4 rings (SSSR count). The van der Waals surface area contributed by atoms with Crippen molar-refractivity contribution in [1.82, 2.24) is 4.31 Å². The van der Waals surface area contributed by atoms with Crippen molar-refractivity contribution in [3.05, 3.63) is 52.6 Å². The van der Waals surface area contributed by atoms with Gasteiger partial charge in [0.1, 0.15) is 0 Å². The van der Waals surface area contributed by atoms with Crippen molar-refractivity contribution in [3.8, 4) is 0 Å². The highest BCUT2D eigenvalue weighted by Crippen LogP contribution is 2.46. The summed E-state index contributed by atoms with van der Waals surface area (Å²) < 4.78 is 33.9. The maximum atomic E-state index is 13.2. The minimum Gasteiger partial charge on any atom is -0.376 e. The molecule has 0 bridgehead atoms. The van der Waals surface area contributed by atoms with Gasteiger partial charge in [-0.2, -0.15) is 4.31 Å². The minimum atomic E-state index is -3.48. The molecule has 1 aromatic carbocycles. The quantitative estimate of drug-likeness (QED) is 0.722. The molecule has 27 heavy (non-hydrogen) atoms. The Kier molecular flexibility index (Phi) is 4.60. The first-order valence-corrected chi connectivity index (χ1v) is 11.2. The Morgan fingerprint density at radius 2 is 1.85 bits per heavy atom. The summed E-state index contributed by atoms with van der Waals surface area (Å²) in [5, 5.41) is 0. The Bertz CT molecular complexity index is 904. The van der Waals surface area contributed by atoms with E-state index in [1.807, 2.05) is 19.1 Å². The molecule has 3 aliphatic rings. The van der Waals surface area contributed by atoms with Gasteiger partial charge in [0.05, 0.1) is 18.1 Å². The molecule has 0 amide bonds. The first kappa shape index (κ1) is 18.9. The molecule has 0 N–H and O–H groups in total. The van der Waals surface area contributed by atoms with E-state index in [0.29, 0.717) is 30.5 Å². The molecule has 0 spiro atoms. The number of nitrogens with zero attached hydrogens (tertiary/aromatic N) is 1. The number of fused-ring (bicyclic) bond motifs is 2. The van der Waals surface area contributed by atoms with Crippen LogP contribution in [-0.2, 0) is 14.8 Å². The normalized spacial score (nSPS) is 27.9. The van der Waals surface area contributed by atoms with Gasteiger partial charge in [-0.25, -0.2) is 8.42 Å². The molecule has 2 fully saturated rings. The second-order valence-electron chi connectivity index (χ2n) is 9.22. The number of hydrogen-bond donors (Lipinski definition) is 0. The van der Waals surface area contributed by atoms with Crippen LogP contribution < -0.4 is 0 Å². The van der Waals surface area contributed by atoms with E-state index in [9.17, 15) is 8.42 Å². The molecular weight excluding hydrogens is 358 g/mol. The van der Waals surface area contributed by atoms with Crippen LogP contribution in [0.2, 0.25) is 0 Å². The van der Waals surface area contributed by atoms with Gasteiger partial charge in [0.15, 0.2) is 0 Å². The predicted molar refractivity (Wildman–Crippen MR) is 107 cm³/mol. The van der Waals surface area contributed by atoms with Crippen LogP contribution >= 0.6 is 0 Å². The third-order valence-corrected chi connectivity index (χ3v) is 7.67. The van der Waals surface area contributed by atoms with Crippen molar-refractivity contribution in [2.75, 3.05) is 26.3 Å². The fourth-order valence-electron chi connectivity index (χ4n) is 4.60. The molecule has 2 aliphatic heterocycles. The summed E-state index contributed by atoms with van der Waals surface area (Å²) in [6.45, 7) is 11.1. The molecular formula is C22H29NO3S. The predicted octanol–water partition coefficient (Wildman–Crippen LogP) is 3.93. The Labute approximate surface area is 163 Å². The highest BCUT2D eigenvalue weighted by Gasteiger charge is 2.44. The number of rotatable bonds is 2. The zero-order chi connectivity index (χ0) is 19.4. The van der Waals surface area contributed by atoms with Crippen LogP contribution in [0.1, 0.15) is 32.8 Å². The third kappa shape index (κ3) is 3.53. The van der Waals surface area contributed by atoms with E-state index in [1.165, 1.54) is 16.7 Å². The first-order chi connectivity index (χ1) is 12.6. The van der Waals surface area contributed by atoms with Gasteiger partial charge in [-0.3, -0.25) is 0 Å². The number of sulfonamides is 1. The molecule has 146 valence electrons. The average molecular weight is 388 g/mol. The number of benzene rings is 1. The molecule has 0 aromatic heterocycles. The summed E-state index contributed by atoms with van der Waals surface area (Å²) in [5.74, 6) is 0.629. The van der Waals surface area contributed by atoms with E-state index in [-0.39, 0.29) is 11.3 Å². The van der Waals surface area contributed by atoms with Gasteiger partial charge in [0, 0.05) is 24.9 Å². The highest BCUT2D eigenvalue weighted by molar-refractivity contribution is 7.89. The van der Waals surface area contributed by atoms with Crippen molar-refractivity contribution in [2.24, 2.45) is 17.3 Å². The number of hydrogen-bond acceptors (Lipinski definition) is 3. The second-order valence-corrected chi connectivity index (χ2v) is 11.2. The smallest absolute Gasteiger partial charge is 0.243 e. The zero-order valence-electron chi connectivity index (χ0n) is 16.7. The third-order valence-electron chi connectivity index (χ3n) is 5.84. The number of allylic oxidation sites excluding steroid dienone is 1. The summed E-state index contributed by atoms with van der Waals surface area (Å²) in [5.41, 5.74) is 5.18. The molecule has 2 saturated heterocycles. The van der Waals surface area contributed by atoms with Gasteiger partial charge >= 0.3 is 0 Å². The van der Waals surface area contributed by atoms with Crippen LogP contribution in [0.5, 0.6) is 0 Å². The lowest BCUT2D eigenvalue weighted by molar-refractivity contribution is 0.188. The lowest BCUT2D eigenvalue weighted by atomic mass is 9.74. The van der Waals surface area contributed by atoms with Gasteiger partial charge < -0.3 is 4.74 Å². The Hall–Kier alpha value is -1.43. The highest BCUT2D eigenvalue weighted by atomic mass is 32.2. The lowest BCUT2D eigenvalue weighted by Gasteiger charge is -2.30. The van der Waals surface area contributed by atoms with Crippen molar-refractivity contribution < 1.29 is 13.2 Å². The zero-order valence-corrected chi connectivity index (χ0v) is 17.5. The van der Waals surface area contributed by atoms with Gasteiger partial charge in [-0.1, -0.05) is 50.1 Å². The van der Waals surface area contributed by atoms with Crippen LogP contribution in [-0.4, -0.2) is 39.0 Å². The van der Waals surface area contributed by atoms with E-state index in [4.69, 9.17) is 4.74 Å². The molecule has 5 heteroatoms. The fourth-order valence-corrected chi connectivity index (χ4v) is 6.03. The van der Waals surface area contributed by atoms with Crippen LogP contribution in [0.25, 0.3) is 0 Å². The fraction of sp³-hybridized carbons (Fsp3) is 0.545. The Morgan fingerprint density at radius 3 is 2.52 bits per heavy atom. The van der Waals surface area contributed by atoms with E-state index >= 15 is 0 Å². The molecule has 1 aromatic rings. The van der Waals surface area contributed by atoms with Crippen molar-refractivity contribution >= 4 is 10.0 Å². The van der Waals surface area contributed by atoms with E-state index in [2.05, 4.69) is 26.8 Å². The monoisotopic (exact) mass is 387 g/mol. The summed E-state index contributed by atoms with van der Waals surface area (Å²) in [4.78, 5) is 0.387. The molecule has 1 aliphatic carbocycles. The van der Waals surface area contributed by atoms with Crippen LogP contribution in [0.15, 0.2) is 52.0 Å². The molecule has 0 saturated carbocycles. The molecule has 0 radical (unpaired) electrons. The maximum Gasteiger partial charge on any atom is 0.243 e. The standard InChI is InChI=1S/C22H29NO3S/c1-15-5-7-18(8-6-15)27(24,25)23-11-19-16(10-22(2,3)4)9-17-13-26-14-21(17)20(19)12-23/h5-8,10,17,19H,9,11-14H2,1-4H3/b16-10-/t17-,19-/m0/s1. The SMILES string of the molecule is Cc1ccc(S(=O)(=O)N2CC3=C4COC[C@@H]4C/C(=C/C(C)(C)C)[C@@H]3C2)cc1. The van der Waals surface area contributed by atoms with Crippen LogP contribution in [0.4, 0.5) is 0 Å². The Balaban J connectivity index is 1.71. The molecule has 2 heterocycles. The van der Waals surface area contributed by atoms with Crippen LogP contribution in [0.3, 0.4) is 0 Å². The molecule has 0 unspecified atom stereocenters. The minimum absolute atomic E-state index is 0.0840. The summed E-state index contributed by atoms with van der Waals surface area (Å²) in [6.07, 6.45) is 3.36. The molecule has 2 atom stereocenters. The molecule has 4 nitrogen and oxygen atoms in total. The second kappa shape index (κ2) is 6.57. The largest absolute Gasteiger partial charge is 0.376 e. The van der Waals surface area contributed by atoms with E-state index < -0.39 is 10.0 Å². The summed E-state index contributed by atoms with van der Waals surface area (Å²) in [7, 11) is -3.48. The lowest BCUT2D eigenvalue weighted by Crippen LogP contribution is -2.29. The van der Waals surface area contributed by atoms with E-state index in [1.54, 1.807) is 16.4 Å². The Morgan fingerprint density at radius 1 is 1.15 bits per heavy atom. The number of ether oxygens (including phenoxy) is 1. The summed E-state index contributed by atoms with van der Waals surface area (Å²) in [6, 6.07) is 7.17. The van der Waals surface area contributed by atoms with Gasteiger partial charge in [0.2, 0.25) is 10.0 Å². The first-order valence-electron chi connectivity index (χ1n) is 9.73. The van der Waals surface area contributed by atoms with Gasteiger partial charge in [-0.05, 0) is 42.0 Å². The van der Waals surface area contributed by atoms with E-state index in [0.717, 1.165) is 18.6 Å². The topological polar surface area (TPSA) is 46.6 Å². The van der Waals surface area contributed by atoms with Crippen molar-refractivity contribution in [3.63, 3.8) is 0 Å². The number of aryl methyl sites for hydroxylation is 1. The average Bonchev–Trinajstić information content (AvgIpc) is 3.20. The van der Waals surface area contributed by atoms with Crippen molar-refractivity contribution in [2.45, 2.75) is 39.0 Å². The van der Waals surface area contributed by atoms with Crippen molar-refractivity contribution in [1.29, 1.82) is 0 Å². The maximum absolute atomic E-state index is 13.2.